The first kappa shape index (κ1) is 17.5. The summed E-state index contributed by atoms with van der Waals surface area (Å²) in [5.41, 5.74) is 1.33. The zero-order chi connectivity index (χ0) is 18.0. The van der Waals surface area contributed by atoms with Crippen molar-refractivity contribution in [1.29, 1.82) is 0 Å². The third-order valence-corrected chi connectivity index (χ3v) is 4.38. The van der Waals surface area contributed by atoms with Crippen LogP contribution in [-0.4, -0.2) is 39.1 Å². The van der Waals surface area contributed by atoms with Gasteiger partial charge in [-0.15, -0.1) is 0 Å². The molecule has 2 aromatic rings. The molecule has 1 aromatic carbocycles. The van der Waals surface area contributed by atoms with E-state index in [0.29, 0.717) is 6.04 Å². The summed E-state index contributed by atoms with van der Waals surface area (Å²) in [5, 5.41) is 3.01. The molecule has 0 atom stereocenters. The van der Waals surface area contributed by atoms with E-state index in [2.05, 4.69) is 14.9 Å². The Hall–Kier alpha value is -2.37. The predicted molar refractivity (Wildman–Crippen MR) is 95.7 cm³/mol. The first-order chi connectivity index (χ1) is 11.8. The van der Waals surface area contributed by atoms with E-state index in [9.17, 15) is 9.18 Å². The van der Waals surface area contributed by atoms with E-state index < -0.39 is 0 Å². The zero-order valence-corrected chi connectivity index (χ0v) is 15.0. The Kier molecular flexibility index (Phi) is 4.79. The van der Waals surface area contributed by atoms with Crippen LogP contribution in [0.4, 0.5) is 9.18 Å². The fourth-order valence-corrected chi connectivity index (χ4v) is 3.10. The Balaban J connectivity index is 1.61. The minimum Gasteiger partial charge on any atom is -0.334 e. The Morgan fingerprint density at radius 2 is 2.00 bits per heavy atom. The van der Waals surface area contributed by atoms with E-state index in [-0.39, 0.29) is 17.4 Å². The number of halogens is 1. The van der Waals surface area contributed by atoms with Gasteiger partial charge in [0, 0.05) is 36.4 Å². The molecule has 1 aliphatic heterocycles. The summed E-state index contributed by atoms with van der Waals surface area (Å²) in [6.45, 7) is 7.39. The second kappa shape index (κ2) is 6.86. The highest BCUT2D eigenvalue weighted by molar-refractivity contribution is 5.75. The van der Waals surface area contributed by atoms with Gasteiger partial charge in [0.25, 0.3) is 0 Å². The van der Waals surface area contributed by atoms with Crippen LogP contribution in [-0.2, 0) is 0 Å². The molecule has 134 valence electrons. The largest absolute Gasteiger partial charge is 0.334 e. The van der Waals surface area contributed by atoms with Gasteiger partial charge in [0.1, 0.15) is 5.82 Å². The highest BCUT2D eigenvalue weighted by atomic mass is 19.1. The van der Waals surface area contributed by atoms with Crippen LogP contribution in [0.3, 0.4) is 0 Å². The number of urea groups is 1. The molecule has 0 radical (unpaired) electrons. The Labute approximate surface area is 147 Å². The SMILES string of the molecule is CC(C)(C)NC(=O)N1CCC(n2cnc(-c3cccc(F)c3)c2)CC1. The molecule has 0 spiro atoms. The van der Waals surface area contributed by atoms with Crippen molar-refractivity contribution in [2.24, 2.45) is 0 Å². The average molecular weight is 344 g/mol. The van der Waals surface area contributed by atoms with Gasteiger partial charge in [-0.3, -0.25) is 0 Å². The van der Waals surface area contributed by atoms with Crippen LogP contribution < -0.4 is 5.32 Å². The molecule has 0 aliphatic carbocycles. The quantitative estimate of drug-likeness (QED) is 0.900. The van der Waals surface area contributed by atoms with Gasteiger partial charge in [-0.1, -0.05) is 12.1 Å². The van der Waals surface area contributed by atoms with Crippen molar-refractivity contribution in [3.05, 3.63) is 42.6 Å². The van der Waals surface area contributed by atoms with Crippen molar-refractivity contribution in [2.75, 3.05) is 13.1 Å². The van der Waals surface area contributed by atoms with Crippen molar-refractivity contribution < 1.29 is 9.18 Å². The fourth-order valence-electron chi connectivity index (χ4n) is 3.10. The van der Waals surface area contributed by atoms with Crippen LogP contribution in [0.15, 0.2) is 36.8 Å². The van der Waals surface area contributed by atoms with Gasteiger partial charge in [0.05, 0.1) is 12.0 Å². The molecule has 0 unspecified atom stereocenters. The molecule has 0 saturated carbocycles. The zero-order valence-electron chi connectivity index (χ0n) is 15.0. The van der Waals surface area contributed by atoms with Gasteiger partial charge in [-0.25, -0.2) is 14.2 Å². The number of aromatic nitrogens is 2. The summed E-state index contributed by atoms with van der Waals surface area (Å²) in [5.74, 6) is -0.259. The molecule has 2 heterocycles. The van der Waals surface area contributed by atoms with Crippen molar-refractivity contribution in [3.63, 3.8) is 0 Å². The Bertz CT molecular complexity index is 742. The molecule has 1 saturated heterocycles. The third kappa shape index (κ3) is 4.38. The molecular weight excluding hydrogens is 319 g/mol. The number of rotatable bonds is 2. The van der Waals surface area contributed by atoms with Gasteiger partial charge in [-0.2, -0.15) is 0 Å². The average Bonchev–Trinajstić information content (AvgIpc) is 3.03. The normalized spacial score (nSPS) is 16.1. The molecule has 3 rings (SSSR count). The van der Waals surface area contributed by atoms with E-state index in [0.717, 1.165) is 37.2 Å². The number of likely N-dealkylation sites (tertiary alicyclic amines) is 1. The second-order valence-electron chi connectivity index (χ2n) is 7.61. The number of nitrogens with zero attached hydrogens (tertiary/aromatic N) is 3. The highest BCUT2D eigenvalue weighted by Gasteiger charge is 2.26. The molecule has 1 aromatic heterocycles. The number of piperidine rings is 1. The molecule has 2 amide bonds. The molecular formula is C19H25FN4O. The lowest BCUT2D eigenvalue weighted by molar-refractivity contribution is 0.164. The predicted octanol–water partition coefficient (Wildman–Crippen LogP) is 3.83. The number of carbonyl (C=O) groups is 1. The number of hydrogen-bond donors (Lipinski definition) is 1. The maximum atomic E-state index is 13.4. The standard InChI is InChI=1S/C19H25FN4O/c1-19(2,3)22-18(25)23-9-7-16(8-10-23)24-12-17(21-13-24)14-5-4-6-15(20)11-14/h4-6,11-13,16H,7-10H2,1-3H3,(H,22,25). The third-order valence-electron chi connectivity index (χ3n) is 4.38. The molecule has 5 nitrogen and oxygen atoms in total. The summed E-state index contributed by atoms with van der Waals surface area (Å²) in [4.78, 5) is 18.5. The number of carbonyl (C=O) groups excluding carboxylic acids is 1. The van der Waals surface area contributed by atoms with Crippen molar-refractivity contribution >= 4 is 6.03 Å². The maximum absolute atomic E-state index is 13.4. The fraction of sp³-hybridized carbons (Fsp3) is 0.474. The number of imidazole rings is 1. The monoisotopic (exact) mass is 344 g/mol. The molecule has 1 aliphatic rings. The van der Waals surface area contributed by atoms with E-state index in [1.807, 2.05) is 37.9 Å². The number of benzene rings is 1. The van der Waals surface area contributed by atoms with Crippen LogP contribution in [0, 0.1) is 5.82 Å². The lowest BCUT2D eigenvalue weighted by Crippen LogP contribution is -2.50. The van der Waals surface area contributed by atoms with Crippen molar-refractivity contribution in [1.82, 2.24) is 19.8 Å². The van der Waals surface area contributed by atoms with Gasteiger partial charge in [0.2, 0.25) is 0 Å². The molecule has 25 heavy (non-hydrogen) atoms. The van der Waals surface area contributed by atoms with Crippen LogP contribution in [0.25, 0.3) is 11.3 Å². The van der Waals surface area contributed by atoms with Crippen LogP contribution in [0.5, 0.6) is 0 Å². The summed E-state index contributed by atoms with van der Waals surface area (Å²) in [7, 11) is 0. The topological polar surface area (TPSA) is 50.2 Å². The molecule has 1 fully saturated rings. The number of nitrogens with one attached hydrogen (secondary N) is 1. The van der Waals surface area contributed by atoms with E-state index in [4.69, 9.17) is 0 Å². The molecule has 1 N–H and O–H groups in total. The van der Waals surface area contributed by atoms with Gasteiger partial charge in [-0.05, 0) is 45.7 Å². The summed E-state index contributed by atoms with van der Waals surface area (Å²) in [6.07, 6.45) is 5.53. The molecule has 0 bridgehead atoms. The van der Waals surface area contributed by atoms with Crippen LogP contribution >= 0.6 is 0 Å². The minimum atomic E-state index is -0.259. The van der Waals surface area contributed by atoms with Crippen LogP contribution in [0.1, 0.15) is 39.7 Å². The van der Waals surface area contributed by atoms with Gasteiger partial charge < -0.3 is 14.8 Å². The van der Waals surface area contributed by atoms with Crippen LogP contribution in [0.2, 0.25) is 0 Å². The van der Waals surface area contributed by atoms with Gasteiger partial charge in [0.15, 0.2) is 0 Å². The van der Waals surface area contributed by atoms with E-state index >= 15 is 0 Å². The lowest BCUT2D eigenvalue weighted by Gasteiger charge is -2.34. The van der Waals surface area contributed by atoms with E-state index in [1.54, 1.807) is 12.4 Å². The van der Waals surface area contributed by atoms with E-state index in [1.165, 1.54) is 12.1 Å². The van der Waals surface area contributed by atoms with Crippen molar-refractivity contribution in [2.45, 2.75) is 45.2 Å². The minimum absolute atomic E-state index is 0.00275. The highest BCUT2D eigenvalue weighted by Crippen LogP contribution is 2.25. The summed E-state index contributed by atoms with van der Waals surface area (Å²) >= 11 is 0. The number of hydrogen-bond acceptors (Lipinski definition) is 2. The second-order valence-corrected chi connectivity index (χ2v) is 7.61. The number of amides is 2. The smallest absolute Gasteiger partial charge is 0.317 e. The molecule has 6 heteroatoms. The Morgan fingerprint density at radius 1 is 1.28 bits per heavy atom. The maximum Gasteiger partial charge on any atom is 0.317 e. The summed E-state index contributed by atoms with van der Waals surface area (Å²) < 4.78 is 15.5. The summed E-state index contributed by atoms with van der Waals surface area (Å²) in [6, 6.07) is 6.78. The van der Waals surface area contributed by atoms with Gasteiger partial charge >= 0.3 is 6.03 Å². The first-order valence-corrected chi connectivity index (χ1v) is 8.68. The first-order valence-electron chi connectivity index (χ1n) is 8.68. The lowest BCUT2D eigenvalue weighted by atomic mass is 10.0. The Morgan fingerprint density at radius 3 is 2.64 bits per heavy atom. The van der Waals surface area contributed by atoms with Crippen molar-refractivity contribution in [3.8, 4) is 11.3 Å².